The van der Waals surface area contributed by atoms with Gasteiger partial charge in [-0.1, -0.05) is 16.8 Å². The fraction of sp³-hybridized carbons (Fsp3) is 0.462. The first-order valence-electron chi connectivity index (χ1n) is 12.5. The summed E-state index contributed by atoms with van der Waals surface area (Å²) in [5.74, 6) is -0.108. The molecule has 36 heavy (non-hydrogen) atoms. The zero-order valence-electron chi connectivity index (χ0n) is 20.7. The molecule has 0 bridgehead atoms. The average Bonchev–Trinajstić information content (AvgIpc) is 3.27. The van der Waals surface area contributed by atoms with Crippen LogP contribution in [0, 0.1) is 6.92 Å². The van der Waals surface area contributed by atoms with Gasteiger partial charge in [-0.2, -0.15) is 0 Å². The largest absolute Gasteiger partial charge is 0.494 e. The van der Waals surface area contributed by atoms with E-state index in [2.05, 4.69) is 4.90 Å². The van der Waals surface area contributed by atoms with Crippen LogP contribution >= 0.6 is 10.8 Å². The lowest BCUT2D eigenvalue weighted by Gasteiger charge is -2.37. The Bertz CT molecular complexity index is 1320. The smallest absolute Gasteiger partial charge is 0.420 e. The first-order valence-corrected chi connectivity index (χ1v) is 14.0. The van der Waals surface area contributed by atoms with E-state index < -0.39 is 10.8 Å². The number of ether oxygens (including phenoxy) is 1. The van der Waals surface area contributed by atoms with Crippen LogP contribution in [0.15, 0.2) is 50.5 Å². The van der Waals surface area contributed by atoms with Crippen molar-refractivity contribution in [1.82, 2.24) is 13.8 Å². The first-order chi connectivity index (χ1) is 17.3. The molecule has 2 aliphatic heterocycles. The molecule has 2 N–H and O–H groups in total. The normalized spacial score (nSPS) is 19.1. The van der Waals surface area contributed by atoms with Crippen LogP contribution in [-0.4, -0.2) is 61.6 Å². The Morgan fingerprint density at radius 3 is 2.56 bits per heavy atom. The summed E-state index contributed by atoms with van der Waals surface area (Å²) in [5, 5.41) is 0. The van der Waals surface area contributed by atoms with Gasteiger partial charge in [0, 0.05) is 25.7 Å². The Hall–Kier alpha value is -2.79. The predicted octanol–water partition coefficient (Wildman–Crippen LogP) is 4.90. The van der Waals surface area contributed by atoms with Gasteiger partial charge >= 0.3 is 5.76 Å². The van der Waals surface area contributed by atoms with Crippen molar-refractivity contribution in [3.63, 3.8) is 0 Å². The number of unbranched alkanes of at least 4 members (excludes halogenated alkanes) is 1. The van der Waals surface area contributed by atoms with Crippen molar-refractivity contribution in [2.75, 3.05) is 32.8 Å². The summed E-state index contributed by atoms with van der Waals surface area (Å²) in [4.78, 5) is 28.0. The maximum Gasteiger partial charge on any atom is 0.420 e. The maximum atomic E-state index is 12.9. The summed E-state index contributed by atoms with van der Waals surface area (Å²) in [6.45, 7) is 7.20. The molecule has 0 radical (unpaired) electrons. The molecular weight excluding hydrogens is 482 g/mol. The number of oxazole rings is 1. The third-order valence-electron chi connectivity index (χ3n) is 7.10. The van der Waals surface area contributed by atoms with E-state index in [0.717, 1.165) is 50.0 Å². The van der Waals surface area contributed by atoms with E-state index in [4.69, 9.17) is 9.15 Å². The van der Waals surface area contributed by atoms with Crippen LogP contribution in [0.2, 0.25) is 0 Å². The molecule has 3 aromatic rings. The molecule has 1 amide bonds. The molecule has 5 rings (SSSR count). The van der Waals surface area contributed by atoms with Crippen molar-refractivity contribution in [3.8, 4) is 5.75 Å². The second kappa shape index (κ2) is 9.93. The molecule has 194 valence electrons. The van der Waals surface area contributed by atoms with Gasteiger partial charge in [-0.25, -0.2) is 9.10 Å². The molecule has 1 fully saturated rings. The number of hydrogen-bond acceptors (Lipinski definition) is 7. The maximum absolute atomic E-state index is 12.9. The molecule has 0 saturated carbocycles. The monoisotopic (exact) mass is 515 g/mol. The lowest BCUT2D eigenvalue weighted by atomic mass is 10.0. The van der Waals surface area contributed by atoms with Gasteiger partial charge in [0.2, 0.25) is 0 Å². The highest BCUT2D eigenvalue weighted by Gasteiger charge is 2.41. The number of amides is 1. The van der Waals surface area contributed by atoms with E-state index in [-0.39, 0.29) is 29.1 Å². The van der Waals surface area contributed by atoms with E-state index in [9.17, 15) is 18.7 Å². The van der Waals surface area contributed by atoms with Crippen LogP contribution < -0.4 is 10.5 Å². The van der Waals surface area contributed by atoms with Crippen LogP contribution in [-0.2, 0) is 0 Å². The van der Waals surface area contributed by atoms with Crippen LogP contribution in [0.1, 0.15) is 54.6 Å². The number of hydrogen-bond donors (Lipinski definition) is 2. The van der Waals surface area contributed by atoms with Crippen LogP contribution in [0.4, 0.5) is 0 Å². The number of aryl methyl sites for hydroxylation is 1. The number of piperidine rings is 1. The fourth-order valence-corrected chi connectivity index (χ4v) is 6.89. The number of rotatable bonds is 8. The Kier molecular flexibility index (Phi) is 6.86. The molecule has 0 aliphatic carbocycles. The molecular formula is C26H33N3O6S. The van der Waals surface area contributed by atoms with E-state index in [1.807, 2.05) is 32.0 Å². The number of benzene rings is 2. The van der Waals surface area contributed by atoms with E-state index in [0.29, 0.717) is 29.9 Å². The lowest BCUT2D eigenvalue weighted by molar-refractivity contribution is 0.0859. The fourth-order valence-electron chi connectivity index (χ4n) is 5.25. The molecule has 2 aliphatic rings. The summed E-state index contributed by atoms with van der Waals surface area (Å²) in [5.41, 5.74) is 2.86. The van der Waals surface area contributed by atoms with Crippen LogP contribution in [0.3, 0.4) is 0 Å². The highest BCUT2D eigenvalue weighted by atomic mass is 32.3. The molecule has 1 saturated heterocycles. The zero-order chi connectivity index (χ0) is 25.4. The Morgan fingerprint density at radius 1 is 1.06 bits per heavy atom. The van der Waals surface area contributed by atoms with Crippen molar-refractivity contribution in [2.45, 2.75) is 50.5 Å². The highest BCUT2D eigenvalue weighted by molar-refractivity contribution is 8.23. The third-order valence-corrected chi connectivity index (χ3v) is 9.01. The number of carbonyl (C=O) groups is 1. The number of likely N-dealkylation sites (tertiary alicyclic amines) is 1. The number of fused-ring (bicyclic) bond motifs is 2. The summed E-state index contributed by atoms with van der Waals surface area (Å²) in [7, 11) is -3.32. The average molecular weight is 516 g/mol. The molecule has 0 unspecified atom stereocenters. The first kappa shape index (κ1) is 24.9. The van der Waals surface area contributed by atoms with Gasteiger partial charge < -0.3 is 14.1 Å². The number of carbonyl (C=O) groups excluding carboxylic acids is 1. The van der Waals surface area contributed by atoms with Crippen molar-refractivity contribution in [1.29, 1.82) is 0 Å². The predicted molar refractivity (Wildman–Crippen MR) is 139 cm³/mol. The summed E-state index contributed by atoms with van der Waals surface area (Å²) < 4.78 is 35.4. The van der Waals surface area contributed by atoms with Crippen molar-refractivity contribution in [2.24, 2.45) is 0 Å². The minimum Gasteiger partial charge on any atom is -0.494 e. The summed E-state index contributed by atoms with van der Waals surface area (Å²) >= 11 is 0. The molecule has 10 heteroatoms. The van der Waals surface area contributed by atoms with Gasteiger partial charge in [-0.3, -0.25) is 18.5 Å². The number of nitrogens with zero attached hydrogens (tertiary/aromatic N) is 3. The van der Waals surface area contributed by atoms with Gasteiger partial charge in [0.05, 0.1) is 22.6 Å². The van der Waals surface area contributed by atoms with Crippen molar-refractivity contribution in [3.05, 3.63) is 58.1 Å². The number of aromatic nitrogens is 1. The van der Waals surface area contributed by atoms with Gasteiger partial charge in [0.25, 0.3) is 5.91 Å². The molecule has 0 atom stereocenters. The van der Waals surface area contributed by atoms with Crippen LogP contribution in [0.5, 0.6) is 5.75 Å². The van der Waals surface area contributed by atoms with E-state index >= 15 is 0 Å². The van der Waals surface area contributed by atoms with E-state index in [1.165, 1.54) is 4.31 Å². The van der Waals surface area contributed by atoms with Gasteiger partial charge in [0.15, 0.2) is 5.58 Å². The Labute approximate surface area is 211 Å². The minimum atomic E-state index is -3.32. The zero-order valence-corrected chi connectivity index (χ0v) is 21.5. The molecule has 9 nitrogen and oxygen atoms in total. The second-order valence-corrected chi connectivity index (χ2v) is 11.4. The third kappa shape index (κ3) is 4.54. The van der Waals surface area contributed by atoms with Crippen LogP contribution in [0.25, 0.3) is 11.1 Å². The summed E-state index contributed by atoms with van der Waals surface area (Å²) in [6, 6.07) is 10.8. The highest BCUT2D eigenvalue weighted by Crippen LogP contribution is 2.59. The second-order valence-electron chi connectivity index (χ2n) is 9.51. The molecule has 3 heterocycles. The molecule has 2 aromatic carbocycles. The molecule has 1 aromatic heterocycles. The van der Waals surface area contributed by atoms with Gasteiger partial charge in [-0.15, -0.1) is 0 Å². The Morgan fingerprint density at radius 2 is 1.81 bits per heavy atom. The van der Waals surface area contributed by atoms with Crippen molar-refractivity contribution >= 4 is 27.8 Å². The standard InChI is InChI=1S/C26H33N3O6S/c1-3-34-20-7-9-24-21(17-20)25(30)28(36(24,32)33)13-5-4-12-27-14-10-19(11-15-27)29-22-8-6-18(2)16-23(22)35-26(29)31/h6-9,16-17,19,32-33H,3-5,10-15H2,1-2H3. The summed E-state index contributed by atoms with van der Waals surface area (Å²) in [6.07, 6.45) is 3.23. The topological polar surface area (TPSA) is 108 Å². The van der Waals surface area contributed by atoms with E-state index in [1.54, 1.807) is 22.8 Å². The van der Waals surface area contributed by atoms with Gasteiger partial charge in [0.1, 0.15) is 5.75 Å². The SMILES string of the molecule is CCOc1ccc2c(c1)C(=O)N(CCCCN1CCC(n3c(=O)oc4cc(C)ccc43)CC1)S2(O)O. The lowest BCUT2D eigenvalue weighted by Crippen LogP contribution is -2.37. The Balaban J connectivity index is 1.13. The minimum absolute atomic E-state index is 0.119. The quantitative estimate of drug-likeness (QED) is 0.411. The molecule has 0 spiro atoms. The van der Waals surface area contributed by atoms with Gasteiger partial charge in [-0.05, 0) is 82.0 Å². The van der Waals surface area contributed by atoms with Crippen molar-refractivity contribution < 1.29 is 23.1 Å².